The predicted molar refractivity (Wildman–Crippen MR) is 73.2 cm³/mol. The Balaban J connectivity index is 1.93. The quantitative estimate of drug-likeness (QED) is 0.642. The summed E-state index contributed by atoms with van der Waals surface area (Å²) in [4.78, 5) is 2.23. The van der Waals surface area contributed by atoms with E-state index in [1.165, 1.54) is 6.42 Å². The lowest BCUT2D eigenvalue weighted by atomic mass is 10.1. The van der Waals surface area contributed by atoms with Crippen molar-refractivity contribution in [1.82, 2.24) is 4.90 Å². The Labute approximate surface area is 117 Å². The molecular weight excluding hydrogens is 264 g/mol. The summed E-state index contributed by atoms with van der Waals surface area (Å²) >= 11 is 0. The van der Waals surface area contributed by atoms with Crippen molar-refractivity contribution < 1.29 is 13.5 Å². The summed E-state index contributed by atoms with van der Waals surface area (Å²) in [7, 11) is 0. The normalized spacial score (nSPS) is 16.1. The fourth-order valence-electron chi connectivity index (χ4n) is 2.31. The second-order valence-corrected chi connectivity index (χ2v) is 4.93. The van der Waals surface area contributed by atoms with Crippen LogP contribution in [0.2, 0.25) is 0 Å². The molecule has 0 radical (unpaired) electrons. The van der Waals surface area contributed by atoms with Crippen LogP contribution in [0.3, 0.4) is 0 Å². The maximum absolute atomic E-state index is 13.7. The first kappa shape index (κ1) is 14.7. The van der Waals surface area contributed by atoms with Crippen molar-refractivity contribution >= 4 is 5.84 Å². The molecule has 1 heterocycles. The lowest BCUT2D eigenvalue weighted by Crippen LogP contribution is -2.33. The van der Waals surface area contributed by atoms with Gasteiger partial charge in [0.15, 0.2) is 17.4 Å². The first-order chi connectivity index (χ1) is 9.58. The van der Waals surface area contributed by atoms with Crippen LogP contribution in [0.25, 0.3) is 0 Å². The fourth-order valence-corrected chi connectivity index (χ4v) is 2.31. The van der Waals surface area contributed by atoms with Crippen molar-refractivity contribution in [2.45, 2.75) is 19.3 Å². The van der Waals surface area contributed by atoms with Crippen LogP contribution in [0.1, 0.15) is 24.8 Å². The number of nitrogens with zero attached hydrogens (tertiary/aromatic N) is 1. The Bertz CT molecular complexity index is 464. The number of rotatable bonds is 5. The molecular formula is C14H19F2N3O. The minimum atomic E-state index is -0.825. The lowest BCUT2D eigenvalue weighted by molar-refractivity contribution is 0.177. The molecule has 0 bridgehead atoms. The highest BCUT2D eigenvalue weighted by Gasteiger charge is 2.15. The van der Waals surface area contributed by atoms with Crippen LogP contribution in [0, 0.1) is 17.0 Å². The molecule has 1 aliphatic heterocycles. The molecule has 1 saturated heterocycles. The maximum atomic E-state index is 13.7. The third kappa shape index (κ3) is 3.66. The van der Waals surface area contributed by atoms with Gasteiger partial charge in [0.2, 0.25) is 0 Å². The highest BCUT2D eigenvalue weighted by Crippen LogP contribution is 2.23. The van der Waals surface area contributed by atoms with Crippen LogP contribution in [-0.4, -0.2) is 37.0 Å². The summed E-state index contributed by atoms with van der Waals surface area (Å²) in [6.07, 6.45) is 3.57. The Kier molecular flexibility index (Phi) is 4.89. The number of likely N-dealkylation sites (tertiary alicyclic amines) is 1. The Morgan fingerprint density at radius 2 is 1.80 bits per heavy atom. The van der Waals surface area contributed by atoms with Gasteiger partial charge in [-0.15, -0.1) is 0 Å². The number of ether oxygens (including phenoxy) is 1. The topological polar surface area (TPSA) is 62.3 Å². The minimum Gasteiger partial charge on any atom is -0.486 e. The second kappa shape index (κ2) is 6.65. The molecule has 1 aromatic carbocycles. The summed E-state index contributed by atoms with van der Waals surface area (Å²) in [5.74, 6) is -2.42. The molecule has 0 saturated carbocycles. The zero-order valence-electron chi connectivity index (χ0n) is 11.3. The molecule has 0 aromatic heterocycles. The van der Waals surface area contributed by atoms with Crippen molar-refractivity contribution in [3.8, 4) is 5.75 Å². The predicted octanol–water partition coefficient (Wildman–Crippen LogP) is 2.11. The first-order valence-corrected chi connectivity index (χ1v) is 6.76. The number of hydrogen-bond donors (Lipinski definition) is 2. The molecule has 0 spiro atoms. The van der Waals surface area contributed by atoms with Crippen LogP contribution in [-0.2, 0) is 0 Å². The molecule has 3 N–H and O–H groups in total. The number of nitrogens with two attached hydrogens (primary N) is 1. The van der Waals surface area contributed by atoms with Crippen molar-refractivity contribution in [2.75, 3.05) is 26.2 Å². The van der Waals surface area contributed by atoms with E-state index in [1.807, 2.05) is 0 Å². The number of piperidine rings is 1. The number of halogens is 2. The number of hydrogen-bond acceptors (Lipinski definition) is 3. The highest BCUT2D eigenvalue weighted by atomic mass is 19.1. The third-order valence-electron chi connectivity index (χ3n) is 3.41. The molecule has 0 unspecified atom stereocenters. The Hall–Kier alpha value is -1.69. The molecule has 0 aliphatic carbocycles. The van der Waals surface area contributed by atoms with Gasteiger partial charge in [0.05, 0.1) is 0 Å². The minimum absolute atomic E-state index is 0.0170. The SMILES string of the molecule is N=C(N)c1cc(F)c(OCCN2CCCCC2)c(F)c1. The van der Waals surface area contributed by atoms with Crippen molar-refractivity contribution in [1.29, 1.82) is 5.41 Å². The van der Waals surface area contributed by atoms with E-state index in [4.69, 9.17) is 15.9 Å². The van der Waals surface area contributed by atoms with Crippen molar-refractivity contribution in [3.63, 3.8) is 0 Å². The third-order valence-corrected chi connectivity index (χ3v) is 3.41. The Morgan fingerprint density at radius 3 is 2.35 bits per heavy atom. The van der Waals surface area contributed by atoms with Gasteiger partial charge in [0.25, 0.3) is 0 Å². The van der Waals surface area contributed by atoms with Crippen LogP contribution in [0.15, 0.2) is 12.1 Å². The molecule has 6 heteroatoms. The largest absolute Gasteiger partial charge is 0.486 e. The van der Waals surface area contributed by atoms with E-state index in [0.29, 0.717) is 6.54 Å². The van der Waals surface area contributed by atoms with Crippen LogP contribution in [0.4, 0.5) is 8.78 Å². The standard InChI is InChI=1S/C14H19F2N3O/c15-11-8-10(14(17)18)9-12(16)13(11)20-7-6-19-4-2-1-3-5-19/h8-9H,1-7H2,(H3,17,18). The summed E-state index contributed by atoms with van der Waals surface area (Å²) in [6.45, 7) is 2.93. The summed E-state index contributed by atoms with van der Waals surface area (Å²) in [5.41, 5.74) is 5.22. The lowest BCUT2D eigenvalue weighted by Gasteiger charge is -2.26. The van der Waals surface area contributed by atoms with Crippen LogP contribution in [0.5, 0.6) is 5.75 Å². The first-order valence-electron chi connectivity index (χ1n) is 6.76. The number of nitrogens with one attached hydrogen (secondary N) is 1. The van der Waals surface area contributed by atoms with E-state index in [-0.39, 0.29) is 18.0 Å². The zero-order chi connectivity index (χ0) is 14.5. The van der Waals surface area contributed by atoms with Gasteiger partial charge in [0, 0.05) is 12.1 Å². The van der Waals surface area contributed by atoms with E-state index in [2.05, 4.69) is 4.90 Å². The molecule has 1 aromatic rings. The monoisotopic (exact) mass is 283 g/mol. The van der Waals surface area contributed by atoms with Crippen LogP contribution < -0.4 is 10.5 Å². The summed E-state index contributed by atoms with van der Waals surface area (Å²) in [6, 6.07) is 2.03. The maximum Gasteiger partial charge on any atom is 0.190 e. The second-order valence-electron chi connectivity index (χ2n) is 4.93. The van der Waals surface area contributed by atoms with E-state index in [1.54, 1.807) is 0 Å². The molecule has 110 valence electrons. The van der Waals surface area contributed by atoms with E-state index in [0.717, 1.165) is 38.1 Å². The van der Waals surface area contributed by atoms with Gasteiger partial charge < -0.3 is 10.5 Å². The van der Waals surface area contributed by atoms with Gasteiger partial charge in [-0.05, 0) is 38.1 Å². The summed E-state index contributed by atoms with van der Waals surface area (Å²) in [5, 5.41) is 7.17. The van der Waals surface area contributed by atoms with Gasteiger partial charge in [0.1, 0.15) is 12.4 Å². The Morgan fingerprint density at radius 1 is 1.20 bits per heavy atom. The molecule has 2 rings (SSSR count). The van der Waals surface area contributed by atoms with E-state index >= 15 is 0 Å². The van der Waals surface area contributed by atoms with Crippen molar-refractivity contribution in [3.05, 3.63) is 29.3 Å². The van der Waals surface area contributed by atoms with Crippen molar-refractivity contribution in [2.24, 2.45) is 5.73 Å². The van der Waals surface area contributed by atoms with Gasteiger partial charge in [-0.3, -0.25) is 10.3 Å². The molecule has 1 aliphatic rings. The van der Waals surface area contributed by atoms with Gasteiger partial charge in [-0.2, -0.15) is 0 Å². The number of benzene rings is 1. The van der Waals surface area contributed by atoms with Gasteiger partial charge in [-0.1, -0.05) is 6.42 Å². The van der Waals surface area contributed by atoms with Gasteiger partial charge >= 0.3 is 0 Å². The molecule has 0 amide bonds. The van der Waals surface area contributed by atoms with Gasteiger partial charge in [-0.25, -0.2) is 8.78 Å². The highest BCUT2D eigenvalue weighted by molar-refractivity contribution is 5.95. The molecule has 1 fully saturated rings. The average Bonchev–Trinajstić information content (AvgIpc) is 2.42. The molecule has 20 heavy (non-hydrogen) atoms. The fraction of sp³-hybridized carbons (Fsp3) is 0.500. The number of amidine groups is 1. The average molecular weight is 283 g/mol. The number of nitrogen functional groups attached to an aromatic ring is 1. The molecule has 4 nitrogen and oxygen atoms in total. The van der Waals surface area contributed by atoms with E-state index < -0.39 is 17.4 Å². The zero-order valence-corrected chi connectivity index (χ0v) is 11.3. The summed E-state index contributed by atoms with van der Waals surface area (Å²) < 4.78 is 32.6. The molecule has 0 atom stereocenters. The smallest absolute Gasteiger partial charge is 0.190 e. The van der Waals surface area contributed by atoms with Crippen LogP contribution >= 0.6 is 0 Å². The van der Waals surface area contributed by atoms with E-state index in [9.17, 15) is 8.78 Å².